The van der Waals surface area contributed by atoms with Crippen LogP contribution < -0.4 is 5.73 Å². The second-order valence-corrected chi connectivity index (χ2v) is 2.65. The predicted octanol–water partition coefficient (Wildman–Crippen LogP) is 0.286. The molecule has 0 aromatic carbocycles. The quantitative estimate of drug-likeness (QED) is 0.624. The molecule has 0 aliphatic rings. The van der Waals surface area contributed by atoms with E-state index in [1.165, 1.54) is 0 Å². The number of rotatable bonds is 5. The van der Waals surface area contributed by atoms with Gasteiger partial charge < -0.3 is 5.73 Å². The van der Waals surface area contributed by atoms with Gasteiger partial charge in [0.15, 0.2) is 0 Å². The molecular formula is C9H16N2O2. The summed E-state index contributed by atoms with van der Waals surface area (Å²) >= 11 is 0. The van der Waals surface area contributed by atoms with Gasteiger partial charge in [0.25, 0.3) is 5.91 Å². The first-order valence-electron chi connectivity index (χ1n) is 4.34. The third-order valence-corrected chi connectivity index (χ3v) is 1.65. The molecule has 0 spiro atoms. The molecule has 0 aliphatic carbocycles. The van der Waals surface area contributed by atoms with Gasteiger partial charge in [-0.25, -0.2) is 0 Å². The molecule has 0 heterocycles. The Morgan fingerprint density at radius 1 is 1.54 bits per heavy atom. The Bertz CT molecular complexity index is 202. The highest BCUT2D eigenvalue weighted by molar-refractivity contribution is 6.01. The molecule has 0 aromatic rings. The molecule has 0 rings (SSSR count). The highest BCUT2D eigenvalue weighted by Gasteiger charge is 2.16. The van der Waals surface area contributed by atoms with Gasteiger partial charge in [0.05, 0.1) is 6.54 Å². The third kappa shape index (κ3) is 3.85. The van der Waals surface area contributed by atoms with Gasteiger partial charge in [0, 0.05) is 6.54 Å². The minimum absolute atomic E-state index is 0.136. The largest absolute Gasteiger partial charge is 0.322 e. The van der Waals surface area contributed by atoms with Crippen LogP contribution >= 0.6 is 0 Å². The zero-order valence-electron chi connectivity index (χ0n) is 7.95. The van der Waals surface area contributed by atoms with Crippen LogP contribution in [0.25, 0.3) is 0 Å². The van der Waals surface area contributed by atoms with E-state index in [4.69, 9.17) is 5.73 Å². The van der Waals surface area contributed by atoms with E-state index >= 15 is 0 Å². The number of hydrogen-bond donors (Lipinski definition) is 1. The summed E-state index contributed by atoms with van der Waals surface area (Å²) in [6.07, 6.45) is 2.85. The van der Waals surface area contributed by atoms with Crippen molar-refractivity contribution in [3.63, 3.8) is 0 Å². The Balaban J connectivity index is 4.26. The van der Waals surface area contributed by atoms with Crippen molar-refractivity contribution < 1.29 is 9.59 Å². The second kappa shape index (κ2) is 6.37. The normalized spacial score (nSPS) is 9.38. The van der Waals surface area contributed by atoms with E-state index in [1.54, 1.807) is 0 Å². The molecule has 74 valence electrons. The van der Waals surface area contributed by atoms with Crippen LogP contribution in [0.1, 0.15) is 19.8 Å². The van der Waals surface area contributed by atoms with Crippen LogP contribution in [0, 0.1) is 0 Å². The first kappa shape index (κ1) is 11.8. The van der Waals surface area contributed by atoms with Crippen LogP contribution in [-0.2, 0) is 9.59 Å². The number of carbonyl (C=O) groups is 2. The Morgan fingerprint density at radius 2 is 2.15 bits per heavy atom. The van der Waals surface area contributed by atoms with E-state index in [9.17, 15) is 9.59 Å². The van der Waals surface area contributed by atoms with E-state index in [2.05, 4.69) is 6.58 Å². The maximum absolute atomic E-state index is 11.2. The van der Waals surface area contributed by atoms with Crippen LogP contribution in [0.3, 0.4) is 0 Å². The van der Waals surface area contributed by atoms with Crippen LogP contribution in [0.15, 0.2) is 12.7 Å². The first-order chi connectivity index (χ1) is 6.17. The molecule has 0 atom stereocenters. The fourth-order valence-corrected chi connectivity index (χ4v) is 0.894. The third-order valence-electron chi connectivity index (χ3n) is 1.65. The van der Waals surface area contributed by atoms with E-state index < -0.39 is 0 Å². The van der Waals surface area contributed by atoms with Gasteiger partial charge in [-0.1, -0.05) is 19.9 Å². The van der Waals surface area contributed by atoms with Gasteiger partial charge in [-0.15, -0.1) is 0 Å². The number of unbranched alkanes of at least 4 members (excludes halogenated alkanes) is 1. The summed E-state index contributed by atoms with van der Waals surface area (Å²) in [5.41, 5.74) is 5.16. The number of hydrogen-bond acceptors (Lipinski definition) is 3. The summed E-state index contributed by atoms with van der Waals surface area (Å²) in [7, 11) is 0. The first-order valence-corrected chi connectivity index (χ1v) is 4.34. The SMILES string of the molecule is C=CC(=O)N(CCCC)C(=O)CN. The van der Waals surface area contributed by atoms with Gasteiger partial charge in [-0.2, -0.15) is 0 Å². The summed E-state index contributed by atoms with van der Waals surface area (Å²) < 4.78 is 0. The molecule has 2 amide bonds. The molecule has 0 bridgehead atoms. The highest BCUT2D eigenvalue weighted by Crippen LogP contribution is 1.97. The standard InChI is InChI=1S/C9H16N2O2/c1-3-5-6-11(8(12)4-2)9(13)7-10/h4H,2-3,5-7,10H2,1H3. The molecule has 0 aliphatic heterocycles. The topological polar surface area (TPSA) is 63.4 Å². The molecule has 0 saturated carbocycles. The smallest absolute Gasteiger partial charge is 0.252 e. The number of carbonyl (C=O) groups excluding carboxylic acids is 2. The summed E-state index contributed by atoms with van der Waals surface area (Å²) in [5.74, 6) is -0.720. The molecule has 4 heteroatoms. The maximum Gasteiger partial charge on any atom is 0.252 e. The van der Waals surface area contributed by atoms with Crippen molar-refractivity contribution >= 4 is 11.8 Å². The van der Waals surface area contributed by atoms with Gasteiger partial charge in [0.2, 0.25) is 5.91 Å². The second-order valence-electron chi connectivity index (χ2n) is 2.65. The van der Waals surface area contributed by atoms with Crippen molar-refractivity contribution in [3.8, 4) is 0 Å². The number of imide groups is 1. The van der Waals surface area contributed by atoms with Crippen LogP contribution in [0.2, 0.25) is 0 Å². The monoisotopic (exact) mass is 184 g/mol. The van der Waals surface area contributed by atoms with Gasteiger partial charge in [-0.05, 0) is 12.5 Å². The lowest BCUT2D eigenvalue weighted by Gasteiger charge is -2.17. The van der Waals surface area contributed by atoms with Crippen molar-refractivity contribution in [1.29, 1.82) is 0 Å². The van der Waals surface area contributed by atoms with E-state index in [-0.39, 0.29) is 18.4 Å². The van der Waals surface area contributed by atoms with Crippen molar-refractivity contribution in [2.45, 2.75) is 19.8 Å². The minimum Gasteiger partial charge on any atom is -0.322 e. The molecule has 13 heavy (non-hydrogen) atoms. The van der Waals surface area contributed by atoms with Gasteiger partial charge in [0.1, 0.15) is 0 Å². The molecule has 0 unspecified atom stereocenters. The van der Waals surface area contributed by atoms with E-state index in [0.29, 0.717) is 6.54 Å². The molecule has 0 saturated heterocycles. The number of amides is 2. The van der Waals surface area contributed by atoms with E-state index in [1.807, 2.05) is 6.92 Å². The summed E-state index contributed by atoms with van der Waals surface area (Å²) in [6, 6.07) is 0. The summed E-state index contributed by atoms with van der Waals surface area (Å²) in [5, 5.41) is 0. The predicted molar refractivity (Wildman–Crippen MR) is 50.9 cm³/mol. The number of nitrogens with zero attached hydrogens (tertiary/aromatic N) is 1. The zero-order chi connectivity index (χ0) is 10.3. The maximum atomic E-state index is 11.2. The molecule has 0 fully saturated rings. The van der Waals surface area contributed by atoms with Gasteiger partial charge in [-0.3, -0.25) is 14.5 Å². The average Bonchev–Trinajstić information content (AvgIpc) is 2.17. The lowest BCUT2D eigenvalue weighted by atomic mass is 10.3. The van der Waals surface area contributed by atoms with Crippen molar-refractivity contribution in [2.75, 3.05) is 13.1 Å². The Kier molecular flexibility index (Phi) is 5.80. The fourth-order valence-electron chi connectivity index (χ4n) is 0.894. The lowest BCUT2D eigenvalue weighted by Crippen LogP contribution is -2.40. The Hall–Kier alpha value is -1.16. The zero-order valence-corrected chi connectivity index (χ0v) is 7.95. The molecule has 4 nitrogen and oxygen atoms in total. The Morgan fingerprint density at radius 3 is 2.54 bits per heavy atom. The average molecular weight is 184 g/mol. The van der Waals surface area contributed by atoms with Crippen LogP contribution in [0.5, 0.6) is 0 Å². The molecule has 2 N–H and O–H groups in total. The summed E-state index contributed by atoms with van der Waals surface area (Å²) in [6.45, 7) is 5.60. The van der Waals surface area contributed by atoms with Crippen molar-refractivity contribution in [3.05, 3.63) is 12.7 Å². The van der Waals surface area contributed by atoms with E-state index in [0.717, 1.165) is 23.8 Å². The minimum atomic E-state index is -0.371. The van der Waals surface area contributed by atoms with Crippen LogP contribution in [-0.4, -0.2) is 29.8 Å². The van der Waals surface area contributed by atoms with Crippen LogP contribution in [0.4, 0.5) is 0 Å². The summed E-state index contributed by atoms with van der Waals surface area (Å²) in [4.78, 5) is 23.4. The Labute approximate surface area is 78.4 Å². The molecular weight excluding hydrogens is 168 g/mol. The molecule has 0 aromatic heterocycles. The highest BCUT2D eigenvalue weighted by atomic mass is 16.2. The number of nitrogens with two attached hydrogens (primary N) is 1. The fraction of sp³-hybridized carbons (Fsp3) is 0.556. The van der Waals surface area contributed by atoms with Crippen molar-refractivity contribution in [1.82, 2.24) is 4.90 Å². The van der Waals surface area contributed by atoms with Gasteiger partial charge >= 0.3 is 0 Å². The molecule has 0 radical (unpaired) electrons. The van der Waals surface area contributed by atoms with Crippen molar-refractivity contribution in [2.24, 2.45) is 5.73 Å². The lowest BCUT2D eigenvalue weighted by molar-refractivity contribution is -0.141.